The maximum absolute atomic E-state index is 12.7. The van der Waals surface area contributed by atoms with Crippen LogP contribution in [0.2, 0.25) is 12.1 Å². The second-order valence-electron chi connectivity index (χ2n) is 6.94. The first-order valence-electron chi connectivity index (χ1n) is 8.21. The fourth-order valence-electron chi connectivity index (χ4n) is 3.39. The molecule has 1 rings (SSSR count). The van der Waals surface area contributed by atoms with Crippen molar-refractivity contribution in [2.45, 2.75) is 77.6 Å². The maximum Gasteiger partial charge on any atom is 0.219 e. The van der Waals surface area contributed by atoms with E-state index in [0.717, 1.165) is 6.42 Å². The molecule has 0 aromatic rings. The molecular weight excluding hydrogens is 247 g/mol. The third-order valence-corrected chi connectivity index (χ3v) is 4.71. The van der Waals surface area contributed by atoms with Gasteiger partial charge in [0.15, 0.2) is 0 Å². The molecule has 3 nitrogen and oxygen atoms in total. The zero-order valence-corrected chi connectivity index (χ0v) is 14.0. The summed E-state index contributed by atoms with van der Waals surface area (Å²) in [6, 6.07) is 0. The van der Waals surface area contributed by atoms with Gasteiger partial charge in [-0.3, -0.25) is 4.79 Å². The zero-order valence-electron chi connectivity index (χ0n) is 14.0. The van der Waals surface area contributed by atoms with Crippen molar-refractivity contribution in [1.29, 1.82) is 0 Å². The monoisotopic (exact) mass is 279 g/mol. The van der Waals surface area contributed by atoms with Crippen molar-refractivity contribution in [3.8, 4) is 0 Å². The van der Waals surface area contributed by atoms with E-state index in [9.17, 15) is 4.79 Å². The average Bonchev–Trinajstić information content (AvgIpc) is 2.44. The second-order valence-corrected chi connectivity index (χ2v) is 6.94. The fraction of sp³-hybridized carbons (Fsp3) is 0.938. The highest BCUT2D eigenvalue weighted by Crippen LogP contribution is 2.33. The summed E-state index contributed by atoms with van der Waals surface area (Å²) in [7, 11) is 4.00. The SMILES string of the molecule is C[B]C(C)(CC(C)C)C(=O)NC(NC)C1CCCCC1. The van der Waals surface area contributed by atoms with Gasteiger partial charge in [0.1, 0.15) is 7.28 Å². The molecule has 1 radical (unpaired) electrons. The molecule has 1 amide bonds. The number of rotatable bonds is 7. The standard InChI is InChI=1S/C16H32BN2O/c1-12(2)11-16(3,17-4)15(20)19-14(18-5)13-9-7-6-8-10-13/h12-14,18H,6-11H2,1-5H3,(H,19,20). The number of hydrogen-bond donors (Lipinski definition) is 2. The Morgan fingerprint density at radius 3 is 2.35 bits per heavy atom. The Morgan fingerprint density at radius 1 is 1.30 bits per heavy atom. The molecular formula is C16H32BN2O. The number of carbonyl (C=O) groups excluding carboxylic acids is 1. The van der Waals surface area contributed by atoms with Crippen LogP contribution in [0.15, 0.2) is 0 Å². The van der Waals surface area contributed by atoms with E-state index in [1.807, 2.05) is 13.9 Å². The zero-order chi connectivity index (χ0) is 15.2. The first-order chi connectivity index (χ1) is 9.42. The predicted octanol–water partition coefficient (Wildman–Crippen LogP) is 3.21. The van der Waals surface area contributed by atoms with E-state index < -0.39 is 0 Å². The topological polar surface area (TPSA) is 41.1 Å². The quantitative estimate of drug-likeness (QED) is 0.555. The molecule has 1 aliphatic carbocycles. The molecule has 1 aliphatic rings. The molecule has 1 saturated carbocycles. The molecule has 0 heterocycles. The molecule has 1 fully saturated rings. The van der Waals surface area contributed by atoms with Crippen LogP contribution < -0.4 is 10.6 Å². The smallest absolute Gasteiger partial charge is 0.219 e. The van der Waals surface area contributed by atoms with Gasteiger partial charge >= 0.3 is 0 Å². The average molecular weight is 279 g/mol. The van der Waals surface area contributed by atoms with Crippen LogP contribution in [-0.4, -0.2) is 26.4 Å². The Bertz CT molecular complexity index is 303. The van der Waals surface area contributed by atoms with Gasteiger partial charge in [0.05, 0.1) is 6.17 Å². The summed E-state index contributed by atoms with van der Waals surface area (Å²) >= 11 is 0. The minimum Gasteiger partial charge on any atom is -0.341 e. The first-order valence-corrected chi connectivity index (χ1v) is 8.21. The highest BCUT2D eigenvalue weighted by molar-refractivity contribution is 6.45. The van der Waals surface area contributed by atoms with Crippen LogP contribution in [-0.2, 0) is 4.79 Å². The summed E-state index contributed by atoms with van der Waals surface area (Å²) < 4.78 is 0. The summed E-state index contributed by atoms with van der Waals surface area (Å²) in [6.45, 7) is 8.39. The van der Waals surface area contributed by atoms with E-state index in [-0.39, 0.29) is 17.4 Å². The third-order valence-electron chi connectivity index (χ3n) is 4.71. The van der Waals surface area contributed by atoms with Crippen LogP contribution in [0.4, 0.5) is 0 Å². The van der Waals surface area contributed by atoms with Gasteiger partial charge < -0.3 is 10.6 Å². The Hall–Kier alpha value is -0.505. The van der Waals surface area contributed by atoms with Crippen molar-refractivity contribution >= 4 is 13.2 Å². The van der Waals surface area contributed by atoms with E-state index in [2.05, 4.69) is 38.7 Å². The molecule has 2 N–H and O–H groups in total. The maximum atomic E-state index is 12.7. The van der Waals surface area contributed by atoms with Crippen LogP contribution in [0.3, 0.4) is 0 Å². The Kier molecular flexibility index (Phi) is 7.07. The van der Waals surface area contributed by atoms with E-state index in [1.165, 1.54) is 32.1 Å². The lowest BCUT2D eigenvalue weighted by atomic mass is 9.51. The number of hydrogen-bond acceptors (Lipinski definition) is 2. The molecule has 20 heavy (non-hydrogen) atoms. The lowest BCUT2D eigenvalue weighted by Crippen LogP contribution is -2.52. The Morgan fingerprint density at radius 2 is 1.90 bits per heavy atom. The van der Waals surface area contributed by atoms with E-state index in [0.29, 0.717) is 11.8 Å². The predicted molar refractivity (Wildman–Crippen MR) is 87.0 cm³/mol. The third kappa shape index (κ3) is 4.80. The fourth-order valence-corrected chi connectivity index (χ4v) is 3.39. The number of amides is 1. The largest absolute Gasteiger partial charge is 0.341 e. The summed E-state index contributed by atoms with van der Waals surface area (Å²) in [4.78, 5) is 12.7. The van der Waals surface area contributed by atoms with Gasteiger partial charge in [0, 0.05) is 5.31 Å². The van der Waals surface area contributed by atoms with Gasteiger partial charge in [-0.1, -0.05) is 46.9 Å². The van der Waals surface area contributed by atoms with Gasteiger partial charge in [-0.05, 0) is 38.1 Å². The summed E-state index contributed by atoms with van der Waals surface area (Å²) in [5.74, 6) is 1.26. The van der Waals surface area contributed by atoms with Crippen molar-refractivity contribution in [2.24, 2.45) is 11.8 Å². The van der Waals surface area contributed by atoms with Gasteiger partial charge in [0.2, 0.25) is 5.91 Å². The lowest BCUT2D eigenvalue weighted by Gasteiger charge is -2.35. The summed E-state index contributed by atoms with van der Waals surface area (Å²) in [5, 5.41) is 6.20. The lowest BCUT2D eigenvalue weighted by molar-refractivity contribution is -0.125. The molecule has 0 saturated heterocycles. The van der Waals surface area contributed by atoms with E-state index >= 15 is 0 Å². The van der Waals surface area contributed by atoms with Crippen LogP contribution in [0.1, 0.15) is 59.3 Å². The molecule has 115 valence electrons. The Balaban J connectivity index is 2.64. The van der Waals surface area contributed by atoms with Crippen molar-refractivity contribution in [1.82, 2.24) is 10.6 Å². The molecule has 4 heteroatoms. The molecule has 0 aliphatic heterocycles. The van der Waals surface area contributed by atoms with Gasteiger partial charge in [-0.25, -0.2) is 0 Å². The minimum atomic E-state index is -0.363. The molecule has 0 aromatic carbocycles. The molecule has 0 bridgehead atoms. The van der Waals surface area contributed by atoms with E-state index in [1.54, 1.807) is 0 Å². The van der Waals surface area contributed by atoms with Crippen molar-refractivity contribution in [3.05, 3.63) is 0 Å². The van der Waals surface area contributed by atoms with E-state index in [4.69, 9.17) is 0 Å². The van der Waals surface area contributed by atoms with Crippen LogP contribution in [0, 0.1) is 11.8 Å². The van der Waals surface area contributed by atoms with Crippen LogP contribution >= 0.6 is 0 Å². The minimum absolute atomic E-state index is 0.120. The summed E-state index contributed by atoms with van der Waals surface area (Å²) in [6.07, 6.45) is 7.40. The number of carbonyl (C=O) groups is 1. The second kappa shape index (κ2) is 8.06. The van der Waals surface area contributed by atoms with Crippen LogP contribution in [0.5, 0.6) is 0 Å². The molecule has 0 spiro atoms. The molecule has 2 unspecified atom stereocenters. The number of nitrogens with one attached hydrogen (secondary N) is 2. The Labute approximate surface area is 125 Å². The van der Waals surface area contributed by atoms with Gasteiger partial charge in [-0.15, -0.1) is 0 Å². The van der Waals surface area contributed by atoms with Crippen molar-refractivity contribution in [2.75, 3.05) is 7.05 Å². The normalized spacial score (nSPS) is 21.3. The molecule has 0 aromatic heterocycles. The van der Waals surface area contributed by atoms with Crippen molar-refractivity contribution < 1.29 is 4.79 Å². The van der Waals surface area contributed by atoms with Crippen molar-refractivity contribution in [3.63, 3.8) is 0 Å². The van der Waals surface area contributed by atoms with Gasteiger partial charge in [0.25, 0.3) is 0 Å². The first kappa shape index (κ1) is 17.5. The van der Waals surface area contributed by atoms with Gasteiger partial charge in [-0.2, -0.15) is 0 Å². The van der Waals surface area contributed by atoms with Crippen LogP contribution in [0.25, 0.3) is 0 Å². The molecule has 2 atom stereocenters. The highest BCUT2D eigenvalue weighted by Gasteiger charge is 2.34. The highest BCUT2D eigenvalue weighted by atomic mass is 16.2. The summed E-state index contributed by atoms with van der Waals surface area (Å²) in [5.41, 5.74) is 0.